The number of aliphatic hydroxyl groups is 1. The lowest BCUT2D eigenvalue weighted by Gasteiger charge is -2.16. The number of imidazole rings is 1. The number of anilines is 2. The van der Waals surface area contributed by atoms with Crippen LogP contribution >= 0.6 is 0 Å². The number of hydrogen-bond donors (Lipinski definition) is 3. The number of nitrogens with one attached hydrogen (secondary N) is 2. The molecule has 0 aliphatic rings. The van der Waals surface area contributed by atoms with E-state index in [0.29, 0.717) is 48.3 Å². The summed E-state index contributed by atoms with van der Waals surface area (Å²) in [6.45, 7) is 6.93. The van der Waals surface area contributed by atoms with Crippen LogP contribution in [0.25, 0.3) is 11.2 Å². The molecule has 0 bridgehead atoms. The maximum Gasteiger partial charge on any atom is 0.294 e. The van der Waals surface area contributed by atoms with E-state index in [4.69, 9.17) is 4.74 Å². The summed E-state index contributed by atoms with van der Waals surface area (Å²) in [4.78, 5) is 28.2. The fourth-order valence-corrected chi connectivity index (χ4v) is 3.22. The van der Waals surface area contributed by atoms with Gasteiger partial charge in [0.1, 0.15) is 5.75 Å². The second-order valence-corrected chi connectivity index (χ2v) is 8.00. The molecule has 34 heavy (non-hydrogen) atoms. The fraction of sp³-hybridized carbons (Fsp3) is 0.500. The number of nitrogens with zero attached hydrogens (tertiary/aromatic N) is 5. The number of aliphatic hydroxyl groups excluding tert-OH is 1. The first kappa shape index (κ1) is 25.0. The average molecular weight is 474 g/mol. The summed E-state index contributed by atoms with van der Waals surface area (Å²) in [5.74, 6) is 1.71. The Hall–Kier alpha value is -3.67. The highest BCUT2D eigenvalue weighted by atomic mass is 16.9. The van der Waals surface area contributed by atoms with Crippen molar-refractivity contribution in [3.63, 3.8) is 0 Å². The molecule has 0 spiro atoms. The number of hydrogen-bond acceptors (Lipinski definition) is 10. The molecule has 0 aliphatic carbocycles. The van der Waals surface area contributed by atoms with Crippen molar-refractivity contribution in [2.75, 3.05) is 30.5 Å². The Labute approximate surface area is 197 Å². The lowest BCUT2D eigenvalue weighted by molar-refractivity contribution is -0.757. The summed E-state index contributed by atoms with van der Waals surface area (Å²) < 4.78 is 7.56. The van der Waals surface area contributed by atoms with Gasteiger partial charge in [0.15, 0.2) is 17.0 Å². The van der Waals surface area contributed by atoms with Crippen molar-refractivity contribution in [1.29, 1.82) is 0 Å². The summed E-state index contributed by atoms with van der Waals surface area (Å²) in [7, 11) is 0. The molecule has 3 N–H and O–H groups in total. The Bertz CT molecular complexity index is 1070. The SMILES string of the molecule is CC[C@H](CO)Nc1nc(NCc2ccc(OCCCO[N+](=O)[O-])cc2)c2ncn(C(C)C)c2n1. The number of fused-ring (bicyclic) bond motifs is 1. The summed E-state index contributed by atoms with van der Waals surface area (Å²) in [6, 6.07) is 7.58. The van der Waals surface area contributed by atoms with E-state index in [1.54, 1.807) is 6.33 Å². The van der Waals surface area contributed by atoms with Crippen molar-refractivity contribution >= 4 is 22.9 Å². The second-order valence-electron chi connectivity index (χ2n) is 8.00. The highest BCUT2D eigenvalue weighted by molar-refractivity contribution is 5.84. The van der Waals surface area contributed by atoms with Gasteiger partial charge in [0.05, 0.1) is 32.2 Å². The zero-order valence-corrected chi connectivity index (χ0v) is 19.6. The zero-order chi connectivity index (χ0) is 24.5. The molecule has 0 aliphatic heterocycles. The van der Waals surface area contributed by atoms with Gasteiger partial charge in [-0.25, -0.2) is 4.98 Å². The van der Waals surface area contributed by atoms with E-state index in [9.17, 15) is 15.2 Å². The molecule has 3 rings (SSSR count). The molecule has 0 radical (unpaired) electrons. The van der Waals surface area contributed by atoms with Crippen LogP contribution in [0, 0.1) is 10.1 Å². The van der Waals surface area contributed by atoms with Crippen molar-refractivity contribution < 1.29 is 19.8 Å². The number of rotatable bonds is 14. The Morgan fingerprint density at radius 1 is 1.21 bits per heavy atom. The molecule has 2 aromatic heterocycles. The largest absolute Gasteiger partial charge is 0.494 e. The minimum atomic E-state index is -0.811. The Morgan fingerprint density at radius 3 is 2.62 bits per heavy atom. The molecular formula is C22H31N7O5. The number of benzene rings is 1. The third-order valence-electron chi connectivity index (χ3n) is 5.16. The average Bonchev–Trinajstić information content (AvgIpc) is 3.26. The third-order valence-corrected chi connectivity index (χ3v) is 5.16. The summed E-state index contributed by atoms with van der Waals surface area (Å²) in [5.41, 5.74) is 2.40. The van der Waals surface area contributed by atoms with Crippen LogP contribution < -0.4 is 15.4 Å². The van der Waals surface area contributed by atoms with Crippen molar-refractivity contribution in [2.24, 2.45) is 0 Å². The minimum absolute atomic E-state index is 0.00311. The number of aromatic nitrogens is 4. The Morgan fingerprint density at radius 2 is 1.97 bits per heavy atom. The first-order valence-corrected chi connectivity index (χ1v) is 11.3. The molecule has 1 aromatic carbocycles. The van der Waals surface area contributed by atoms with E-state index in [-0.39, 0.29) is 25.3 Å². The van der Waals surface area contributed by atoms with E-state index in [0.717, 1.165) is 12.0 Å². The van der Waals surface area contributed by atoms with Crippen LogP contribution in [0.2, 0.25) is 0 Å². The molecule has 184 valence electrons. The summed E-state index contributed by atoms with van der Waals surface area (Å²) >= 11 is 0. The Balaban J connectivity index is 1.68. The predicted molar refractivity (Wildman–Crippen MR) is 127 cm³/mol. The van der Waals surface area contributed by atoms with Crippen LogP contribution in [0.4, 0.5) is 11.8 Å². The van der Waals surface area contributed by atoms with Crippen LogP contribution in [0.3, 0.4) is 0 Å². The van der Waals surface area contributed by atoms with Gasteiger partial charge in [0, 0.05) is 19.0 Å². The summed E-state index contributed by atoms with van der Waals surface area (Å²) in [6.07, 6.45) is 2.91. The van der Waals surface area contributed by atoms with Gasteiger partial charge in [-0.15, -0.1) is 10.1 Å². The minimum Gasteiger partial charge on any atom is -0.494 e. The molecule has 0 saturated carbocycles. The van der Waals surface area contributed by atoms with E-state index in [2.05, 4.69) is 44.3 Å². The van der Waals surface area contributed by atoms with E-state index in [1.165, 1.54) is 0 Å². The van der Waals surface area contributed by atoms with Gasteiger partial charge in [-0.1, -0.05) is 19.1 Å². The van der Waals surface area contributed by atoms with Crippen LogP contribution in [0.15, 0.2) is 30.6 Å². The van der Waals surface area contributed by atoms with E-state index in [1.807, 2.05) is 35.8 Å². The van der Waals surface area contributed by atoms with Crippen molar-refractivity contribution in [2.45, 2.75) is 52.2 Å². The molecule has 3 aromatic rings. The second kappa shape index (κ2) is 12.0. The fourth-order valence-electron chi connectivity index (χ4n) is 3.22. The maximum atomic E-state index is 10.1. The standard InChI is InChI=1S/C22H31N7O5/c1-4-17(13-30)25-22-26-20(19-21(27-22)28(14-24-19)15(2)3)23-12-16-6-8-18(9-7-16)33-10-5-11-34-29(31)32/h6-9,14-15,17,30H,4-5,10-13H2,1-3H3,(H2,23,25,26,27)/t17-/m1/s1. The molecule has 12 heteroatoms. The maximum absolute atomic E-state index is 10.1. The first-order chi connectivity index (χ1) is 16.4. The molecule has 0 unspecified atom stereocenters. The molecule has 12 nitrogen and oxygen atoms in total. The van der Waals surface area contributed by atoms with Gasteiger partial charge in [-0.3, -0.25) is 0 Å². The van der Waals surface area contributed by atoms with Gasteiger partial charge >= 0.3 is 0 Å². The Kier molecular flexibility index (Phi) is 8.79. The van der Waals surface area contributed by atoms with Gasteiger partial charge < -0.3 is 29.9 Å². The molecule has 0 amide bonds. The van der Waals surface area contributed by atoms with Gasteiger partial charge in [-0.05, 0) is 38.0 Å². The summed E-state index contributed by atoms with van der Waals surface area (Å²) in [5, 5.41) is 25.4. The predicted octanol–water partition coefficient (Wildman–Crippen LogP) is 3.18. The normalized spacial score (nSPS) is 12.0. The van der Waals surface area contributed by atoms with Crippen LogP contribution in [-0.4, -0.2) is 55.6 Å². The molecule has 0 saturated heterocycles. The van der Waals surface area contributed by atoms with E-state index >= 15 is 0 Å². The monoisotopic (exact) mass is 473 g/mol. The highest BCUT2D eigenvalue weighted by Gasteiger charge is 2.16. The van der Waals surface area contributed by atoms with Crippen molar-refractivity contribution in [3.8, 4) is 5.75 Å². The molecule has 0 fully saturated rings. The van der Waals surface area contributed by atoms with Crippen LogP contribution in [-0.2, 0) is 11.4 Å². The topological polar surface area (TPSA) is 149 Å². The zero-order valence-electron chi connectivity index (χ0n) is 19.6. The molecule has 1 atom stereocenters. The third kappa shape index (κ3) is 6.67. The molecular weight excluding hydrogens is 442 g/mol. The van der Waals surface area contributed by atoms with Crippen LogP contribution in [0.5, 0.6) is 5.75 Å². The lowest BCUT2D eigenvalue weighted by atomic mass is 10.2. The lowest BCUT2D eigenvalue weighted by Crippen LogP contribution is -2.24. The van der Waals surface area contributed by atoms with E-state index < -0.39 is 5.09 Å². The quantitative estimate of drug-likeness (QED) is 0.181. The van der Waals surface area contributed by atoms with Crippen molar-refractivity contribution in [1.82, 2.24) is 19.5 Å². The smallest absolute Gasteiger partial charge is 0.294 e. The highest BCUT2D eigenvalue weighted by Crippen LogP contribution is 2.24. The van der Waals surface area contributed by atoms with Gasteiger partial charge in [-0.2, -0.15) is 9.97 Å². The van der Waals surface area contributed by atoms with Crippen LogP contribution in [0.1, 0.15) is 45.2 Å². The van der Waals surface area contributed by atoms with Crippen molar-refractivity contribution in [3.05, 3.63) is 46.3 Å². The van der Waals surface area contributed by atoms with Gasteiger partial charge in [0.2, 0.25) is 5.95 Å². The first-order valence-electron chi connectivity index (χ1n) is 11.3. The van der Waals surface area contributed by atoms with Gasteiger partial charge in [0.25, 0.3) is 5.09 Å². The molecule has 2 heterocycles. The number of ether oxygens (including phenoxy) is 1.